The van der Waals surface area contributed by atoms with Crippen LogP contribution in [0.5, 0.6) is 10.9 Å². The summed E-state index contributed by atoms with van der Waals surface area (Å²) in [4.78, 5) is 0. The fourth-order valence-corrected chi connectivity index (χ4v) is 2.39. The maximum atomic E-state index is 6.13. The van der Waals surface area contributed by atoms with Crippen molar-refractivity contribution in [1.29, 1.82) is 0 Å². The monoisotopic (exact) mass is 311 g/mol. The number of hydrogen-bond acceptors (Lipinski definition) is 5. The zero-order valence-corrected chi connectivity index (χ0v) is 13.6. The normalized spacial score (nSPS) is 11.7. The highest BCUT2D eigenvalue weighted by Gasteiger charge is 2.12. The molecule has 2 rings (SSSR count). The van der Waals surface area contributed by atoms with Gasteiger partial charge in [0.25, 0.3) is 5.19 Å². The quantitative estimate of drug-likeness (QED) is 0.920. The molecule has 0 aliphatic rings. The fraction of sp³-hybridized carbons (Fsp3) is 0.429. The summed E-state index contributed by atoms with van der Waals surface area (Å²) in [6.07, 6.45) is 0. The fourth-order valence-electron chi connectivity index (χ4n) is 1.47. The predicted molar refractivity (Wildman–Crippen MR) is 82.8 cm³/mol. The van der Waals surface area contributed by atoms with Gasteiger partial charge in [0.1, 0.15) is 10.8 Å². The van der Waals surface area contributed by atoms with Gasteiger partial charge in [0, 0.05) is 5.54 Å². The smallest absolute Gasteiger partial charge is 0.299 e. The third kappa shape index (κ3) is 4.44. The van der Waals surface area contributed by atoms with Crippen molar-refractivity contribution >= 4 is 22.9 Å². The number of aromatic nitrogens is 2. The second-order valence-electron chi connectivity index (χ2n) is 5.60. The SMILES string of the molecule is Cc1ccc(Oc2nnc(CNC(C)(C)C)s2)c(Cl)c1. The van der Waals surface area contributed by atoms with Crippen LogP contribution in [0.25, 0.3) is 0 Å². The van der Waals surface area contributed by atoms with Crippen LogP contribution in [0, 0.1) is 6.92 Å². The molecule has 0 bridgehead atoms. The number of aryl methyl sites for hydroxylation is 1. The van der Waals surface area contributed by atoms with Gasteiger partial charge in [-0.2, -0.15) is 0 Å². The molecular formula is C14H18ClN3OS. The standard InChI is InChI=1S/C14H18ClN3OS/c1-9-5-6-11(10(15)7-9)19-13-18-17-12(20-13)8-16-14(2,3)4/h5-7,16H,8H2,1-4H3. The lowest BCUT2D eigenvalue weighted by Gasteiger charge is -2.19. The second kappa shape index (κ2) is 6.08. The van der Waals surface area contributed by atoms with E-state index in [1.165, 1.54) is 11.3 Å². The van der Waals surface area contributed by atoms with Crippen molar-refractivity contribution in [1.82, 2.24) is 15.5 Å². The van der Waals surface area contributed by atoms with Crippen LogP contribution in [0.1, 0.15) is 31.3 Å². The van der Waals surface area contributed by atoms with Gasteiger partial charge >= 0.3 is 0 Å². The van der Waals surface area contributed by atoms with Crippen molar-refractivity contribution in [2.45, 2.75) is 39.8 Å². The molecule has 0 amide bonds. The van der Waals surface area contributed by atoms with E-state index in [1.54, 1.807) is 0 Å². The van der Waals surface area contributed by atoms with Crippen molar-refractivity contribution in [2.24, 2.45) is 0 Å². The Bertz CT molecular complexity index is 592. The van der Waals surface area contributed by atoms with Crippen molar-refractivity contribution in [3.63, 3.8) is 0 Å². The topological polar surface area (TPSA) is 47.0 Å². The van der Waals surface area contributed by atoms with E-state index in [0.717, 1.165) is 10.6 Å². The van der Waals surface area contributed by atoms with E-state index < -0.39 is 0 Å². The van der Waals surface area contributed by atoms with Crippen LogP contribution >= 0.6 is 22.9 Å². The van der Waals surface area contributed by atoms with Gasteiger partial charge in [-0.15, -0.1) is 5.10 Å². The van der Waals surface area contributed by atoms with Gasteiger partial charge in [-0.05, 0) is 45.4 Å². The zero-order chi connectivity index (χ0) is 14.8. The average Bonchev–Trinajstić information content (AvgIpc) is 2.77. The van der Waals surface area contributed by atoms with Crippen molar-refractivity contribution in [3.05, 3.63) is 33.8 Å². The molecule has 108 valence electrons. The largest absolute Gasteiger partial charge is 0.428 e. The molecule has 20 heavy (non-hydrogen) atoms. The molecule has 0 saturated carbocycles. The molecule has 0 atom stereocenters. The van der Waals surface area contributed by atoms with E-state index in [9.17, 15) is 0 Å². The Morgan fingerprint density at radius 3 is 2.70 bits per heavy atom. The minimum atomic E-state index is 0.0486. The molecule has 0 fully saturated rings. The Hall–Kier alpha value is -1.17. The second-order valence-corrected chi connectivity index (χ2v) is 7.03. The Labute approximate surface area is 128 Å². The number of halogens is 1. The highest BCUT2D eigenvalue weighted by Crippen LogP contribution is 2.31. The lowest BCUT2D eigenvalue weighted by molar-refractivity contribution is 0.423. The van der Waals surface area contributed by atoms with Crippen LogP contribution in [0.2, 0.25) is 5.02 Å². The summed E-state index contributed by atoms with van der Waals surface area (Å²) >= 11 is 7.54. The predicted octanol–water partition coefficient (Wildman–Crippen LogP) is 4.18. The van der Waals surface area contributed by atoms with Crippen LogP contribution in [0.4, 0.5) is 0 Å². The van der Waals surface area contributed by atoms with Gasteiger partial charge in [0.2, 0.25) is 0 Å². The van der Waals surface area contributed by atoms with Crippen molar-refractivity contribution in [3.8, 4) is 10.9 Å². The van der Waals surface area contributed by atoms with Crippen LogP contribution in [-0.4, -0.2) is 15.7 Å². The molecule has 0 saturated heterocycles. The summed E-state index contributed by atoms with van der Waals surface area (Å²) in [6, 6.07) is 5.65. The summed E-state index contributed by atoms with van der Waals surface area (Å²) in [5.41, 5.74) is 1.14. The number of hydrogen-bond donors (Lipinski definition) is 1. The molecule has 0 aliphatic heterocycles. The Kier molecular flexibility index (Phi) is 4.62. The molecule has 2 aromatic rings. The summed E-state index contributed by atoms with van der Waals surface area (Å²) in [6.45, 7) is 8.98. The molecule has 1 aromatic carbocycles. The highest BCUT2D eigenvalue weighted by molar-refractivity contribution is 7.13. The zero-order valence-electron chi connectivity index (χ0n) is 12.0. The number of nitrogens with zero attached hydrogens (tertiary/aromatic N) is 2. The van der Waals surface area contributed by atoms with E-state index >= 15 is 0 Å². The molecule has 0 spiro atoms. The van der Waals surface area contributed by atoms with Gasteiger partial charge in [0.15, 0.2) is 0 Å². The number of rotatable bonds is 4. The van der Waals surface area contributed by atoms with Gasteiger partial charge in [0.05, 0.1) is 11.6 Å². The van der Waals surface area contributed by atoms with E-state index in [4.69, 9.17) is 16.3 Å². The first-order chi connectivity index (χ1) is 9.33. The molecule has 1 N–H and O–H groups in total. The summed E-state index contributed by atoms with van der Waals surface area (Å²) in [5.74, 6) is 0.601. The van der Waals surface area contributed by atoms with Gasteiger partial charge in [-0.25, -0.2) is 0 Å². The molecule has 6 heteroatoms. The van der Waals surface area contributed by atoms with Gasteiger partial charge in [-0.1, -0.05) is 34.1 Å². The Balaban J connectivity index is 2.02. The molecule has 0 unspecified atom stereocenters. The maximum Gasteiger partial charge on any atom is 0.299 e. The Morgan fingerprint density at radius 1 is 1.30 bits per heavy atom. The number of nitrogens with one attached hydrogen (secondary N) is 1. The minimum absolute atomic E-state index is 0.0486. The van der Waals surface area contributed by atoms with Crippen LogP contribution < -0.4 is 10.1 Å². The third-order valence-electron chi connectivity index (χ3n) is 2.50. The summed E-state index contributed by atoms with van der Waals surface area (Å²) in [5, 5.41) is 13.5. The van der Waals surface area contributed by atoms with Crippen LogP contribution in [-0.2, 0) is 6.54 Å². The molecule has 0 radical (unpaired) electrons. The van der Waals surface area contributed by atoms with Crippen molar-refractivity contribution in [2.75, 3.05) is 0 Å². The summed E-state index contributed by atoms with van der Waals surface area (Å²) < 4.78 is 5.66. The lowest BCUT2D eigenvalue weighted by Crippen LogP contribution is -2.35. The molecule has 0 aliphatic carbocycles. The minimum Gasteiger partial charge on any atom is -0.428 e. The van der Waals surface area contributed by atoms with Crippen LogP contribution in [0.15, 0.2) is 18.2 Å². The molecular weight excluding hydrogens is 294 g/mol. The average molecular weight is 312 g/mol. The molecule has 1 aromatic heterocycles. The number of benzene rings is 1. The summed E-state index contributed by atoms with van der Waals surface area (Å²) in [7, 11) is 0. The van der Waals surface area contributed by atoms with Gasteiger partial charge < -0.3 is 10.1 Å². The molecule has 4 nitrogen and oxygen atoms in total. The Morgan fingerprint density at radius 2 is 2.05 bits per heavy atom. The highest BCUT2D eigenvalue weighted by atomic mass is 35.5. The van der Waals surface area contributed by atoms with Crippen LogP contribution in [0.3, 0.4) is 0 Å². The molecule has 1 heterocycles. The van der Waals surface area contributed by atoms with E-state index in [1.807, 2.05) is 25.1 Å². The van der Waals surface area contributed by atoms with Crippen molar-refractivity contribution < 1.29 is 4.74 Å². The van der Waals surface area contributed by atoms with E-state index in [2.05, 4.69) is 36.3 Å². The first-order valence-electron chi connectivity index (χ1n) is 6.35. The van der Waals surface area contributed by atoms with E-state index in [-0.39, 0.29) is 5.54 Å². The lowest BCUT2D eigenvalue weighted by atomic mass is 10.1. The third-order valence-corrected chi connectivity index (χ3v) is 3.60. The van der Waals surface area contributed by atoms with Gasteiger partial charge in [-0.3, -0.25) is 0 Å². The number of ether oxygens (including phenoxy) is 1. The first-order valence-corrected chi connectivity index (χ1v) is 7.54. The maximum absolute atomic E-state index is 6.13. The van der Waals surface area contributed by atoms with E-state index in [0.29, 0.717) is 22.5 Å². The first kappa shape index (κ1) is 15.2.